The molecule has 1 saturated heterocycles. The third kappa shape index (κ3) is 4.02. The molecule has 28 heavy (non-hydrogen) atoms. The molecule has 1 aliphatic heterocycles. The van der Waals surface area contributed by atoms with Crippen molar-refractivity contribution in [1.82, 2.24) is 10.4 Å². The molecule has 2 aromatic carbocycles. The standard InChI is InChI=1S/C18H13N3O5S2/c1-10-2-5-12(6-3-10)16(23)19-20-17(24)15(28-18(20)27)9-11-4-7-14(22)13(8-11)21(25)26/h2-9,22H,1H3,(H,19,23)/b15-9-. The van der Waals surface area contributed by atoms with Crippen molar-refractivity contribution in [1.29, 1.82) is 0 Å². The van der Waals surface area contributed by atoms with Crippen molar-refractivity contribution in [3.8, 4) is 5.75 Å². The molecule has 0 unspecified atom stereocenters. The molecule has 1 aliphatic rings. The van der Waals surface area contributed by atoms with Gasteiger partial charge in [-0.2, -0.15) is 5.01 Å². The van der Waals surface area contributed by atoms with Gasteiger partial charge in [0.15, 0.2) is 10.1 Å². The molecule has 8 nitrogen and oxygen atoms in total. The number of hydrogen-bond donors (Lipinski definition) is 2. The number of nitro benzene ring substituents is 1. The average molecular weight is 415 g/mol. The molecule has 142 valence electrons. The molecule has 2 aromatic rings. The summed E-state index contributed by atoms with van der Waals surface area (Å²) < 4.78 is 0.130. The molecule has 0 atom stereocenters. The lowest BCUT2D eigenvalue weighted by molar-refractivity contribution is -0.385. The van der Waals surface area contributed by atoms with Crippen LogP contribution in [0.3, 0.4) is 0 Å². The number of benzene rings is 2. The van der Waals surface area contributed by atoms with Crippen molar-refractivity contribution in [2.45, 2.75) is 6.92 Å². The highest BCUT2D eigenvalue weighted by atomic mass is 32.2. The Balaban J connectivity index is 1.80. The molecular formula is C18H13N3O5S2. The molecular weight excluding hydrogens is 402 g/mol. The van der Waals surface area contributed by atoms with Crippen LogP contribution < -0.4 is 5.43 Å². The lowest BCUT2D eigenvalue weighted by Gasteiger charge is -2.15. The molecule has 10 heteroatoms. The molecule has 1 heterocycles. The highest BCUT2D eigenvalue weighted by Gasteiger charge is 2.34. The molecule has 0 saturated carbocycles. The Morgan fingerprint density at radius 1 is 1.29 bits per heavy atom. The van der Waals surface area contributed by atoms with Crippen molar-refractivity contribution in [2.75, 3.05) is 0 Å². The van der Waals surface area contributed by atoms with E-state index < -0.39 is 28.2 Å². The minimum atomic E-state index is -0.723. The predicted molar refractivity (Wildman–Crippen MR) is 108 cm³/mol. The van der Waals surface area contributed by atoms with Crippen LogP contribution in [0.15, 0.2) is 47.4 Å². The first kappa shape index (κ1) is 19.5. The summed E-state index contributed by atoms with van der Waals surface area (Å²) >= 11 is 6.11. The van der Waals surface area contributed by atoms with E-state index in [0.717, 1.165) is 28.4 Å². The Bertz CT molecular complexity index is 1030. The number of amides is 2. The van der Waals surface area contributed by atoms with Gasteiger partial charge in [-0.25, -0.2) is 0 Å². The van der Waals surface area contributed by atoms with Gasteiger partial charge in [0.25, 0.3) is 11.8 Å². The van der Waals surface area contributed by atoms with Crippen LogP contribution in [0.5, 0.6) is 5.75 Å². The SMILES string of the molecule is Cc1ccc(C(=O)NN2C(=O)/C(=C/c3ccc(O)c([N+](=O)[O-])c3)SC2=S)cc1. The molecule has 1 fully saturated rings. The van der Waals surface area contributed by atoms with Gasteiger partial charge in [0, 0.05) is 11.6 Å². The fourth-order valence-corrected chi connectivity index (χ4v) is 3.54. The van der Waals surface area contributed by atoms with E-state index in [1.165, 1.54) is 18.2 Å². The number of phenols is 1. The summed E-state index contributed by atoms with van der Waals surface area (Å²) in [5.74, 6) is -1.51. The second-order valence-corrected chi connectivity index (χ2v) is 7.51. The number of thioether (sulfide) groups is 1. The van der Waals surface area contributed by atoms with E-state index in [1.807, 2.05) is 6.92 Å². The predicted octanol–water partition coefficient (Wildman–Crippen LogP) is 3.16. The number of aryl methyl sites for hydroxylation is 1. The maximum atomic E-state index is 12.6. The Morgan fingerprint density at radius 3 is 2.61 bits per heavy atom. The summed E-state index contributed by atoms with van der Waals surface area (Å²) in [6.07, 6.45) is 1.41. The van der Waals surface area contributed by atoms with Crippen LogP contribution in [0.4, 0.5) is 5.69 Å². The average Bonchev–Trinajstić information content (AvgIpc) is 2.91. The van der Waals surface area contributed by atoms with Gasteiger partial charge in [0.1, 0.15) is 0 Å². The van der Waals surface area contributed by atoms with Crippen LogP contribution in [0, 0.1) is 17.0 Å². The quantitative estimate of drug-likeness (QED) is 0.341. The van der Waals surface area contributed by atoms with Crippen molar-refractivity contribution in [3.63, 3.8) is 0 Å². The molecule has 0 aromatic heterocycles. The number of aromatic hydroxyl groups is 1. The Hall–Kier alpha value is -3.24. The van der Waals surface area contributed by atoms with Gasteiger partial charge >= 0.3 is 5.69 Å². The number of carbonyl (C=O) groups excluding carboxylic acids is 2. The van der Waals surface area contributed by atoms with Gasteiger partial charge in [-0.05, 0) is 49.0 Å². The van der Waals surface area contributed by atoms with Crippen molar-refractivity contribution >= 4 is 51.9 Å². The van der Waals surface area contributed by atoms with E-state index in [4.69, 9.17) is 12.2 Å². The maximum Gasteiger partial charge on any atom is 0.311 e. The fraction of sp³-hybridized carbons (Fsp3) is 0.0556. The number of hydrogen-bond acceptors (Lipinski definition) is 7. The number of carbonyl (C=O) groups is 2. The number of rotatable bonds is 4. The summed E-state index contributed by atoms with van der Waals surface area (Å²) in [7, 11) is 0. The van der Waals surface area contributed by atoms with Crippen molar-refractivity contribution < 1.29 is 19.6 Å². The lowest BCUT2D eigenvalue weighted by atomic mass is 10.1. The summed E-state index contributed by atoms with van der Waals surface area (Å²) in [4.78, 5) is 35.3. The van der Waals surface area contributed by atoms with Crippen LogP contribution in [0.1, 0.15) is 21.5 Å². The van der Waals surface area contributed by atoms with Crippen molar-refractivity contribution in [3.05, 3.63) is 74.2 Å². The molecule has 3 rings (SSSR count). The summed E-state index contributed by atoms with van der Waals surface area (Å²) in [5.41, 5.74) is 3.70. The zero-order valence-electron chi connectivity index (χ0n) is 14.4. The second kappa shape index (κ2) is 7.79. The zero-order chi connectivity index (χ0) is 20.4. The number of nitrogens with one attached hydrogen (secondary N) is 1. The number of nitrogens with zero attached hydrogens (tertiary/aromatic N) is 2. The van der Waals surface area contributed by atoms with Crippen LogP contribution in [-0.4, -0.2) is 31.2 Å². The van der Waals surface area contributed by atoms with E-state index in [9.17, 15) is 24.8 Å². The van der Waals surface area contributed by atoms with Crippen LogP contribution >= 0.6 is 24.0 Å². The Morgan fingerprint density at radius 2 is 1.96 bits per heavy atom. The number of phenolic OH excluding ortho intramolecular Hbond substituents is 1. The number of nitro groups is 1. The summed E-state index contributed by atoms with van der Waals surface area (Å²) in [6.45, 7) is 1.89. The smallest absolute Gasteiger partial charge is 0.311 e. The molecule has 2 N–H and O–H groups in total. The number of hydrazine groups is 1. The van der Waals surface area contributed by atoms with Gasteiger partial charge in [0.05, 0.1) is 9.83 Å². The lowest BCUT2D eigenvalue weighted by Crippen LogP contribution is -2.44. The van der Waals surface area contributed by atoms with E-state index in [-0.39, 0.29) is 9.23 Å². The fourth-order valence-electron chi connectivity index (χ4n) is 2.36. The van der Waals surface area contributed by atoms with Crippen LogP contribution in [-0.2, 0) is 4.79 Å². The van der Waals surface area contributed by atoms with E-state index >= 15 is 0 Å². The molecule has 0 bridgehead atoms. The molecule has 0 spiro atoms. The van der Waals surface area contributed by atoms with Crippen LogP contribution in [0.2, 0.25) is 0 Å². The van der Waals surface area contributed by atoms with Gasteiger partial charge < -0.3 is 5.11 Å². The number of thiocarbonyl (C=S) groups is 1. The summed E-state index contributed by atoms with van der Waals surface area (Å²) in [5, 5.41) is 21.4. The maximum absolute atomic E-state index is 12.6. The van der Waals surface area contributed by atoms with Gasteiger partial charge in [0.2, 0.25) is 0 Å². The normalized spacial score (nSPS) is 15.2. The second-order valence-electron chi connectivity index (χ2n) is 5.83. The summed E-state index contributed by atoms with van der Waals surface area (Å²) in [6, 6.07) is 10.6. The van der Waals surface area contributed by atoms with E-state index in [2.05, 4.69) is 5.43 Å². The first-order valence-electron chi connectivity index (χ1n) is 7.89. The zero-order valence-corrected chi connectivity index (χ0v) is 16.0. The van der Waals surface area contributed by atoms with E-state index in [1.54, 1.807) is 24.3 Å². The first-order chi connectivity index (χ1) is 13.3. The Labute approximate surface area is 169 Å². The highest BCUT2D eigenvalue weighted by molar-refractivity contribution is 8.26. The third-order valence-electron chi connectivity index (χ3n) is 3.81. The monoisotopic (exact) mass is 415 g/mol. The van der Waals surface area contributed by atoms with Gasteiger partial charge in [-0.15, -0.1) is 0 Å². The van der Waals surface area contributed by atoms with Gasteiger partial charge in [-0.3, -0.25) is 25.1 Å². The highest BCUT2D eigenvalue weighted by Crippen LogP contribution is 2.33. The van der Waals surface area contributed by atoms with E-state index in [0.29, 0.717) is 11.1 Å². The van der Waals surface area contributed by atoms with Crippen molar-refractivity contribution in [2.24, 2.45) is 0 Å². The Kier molecular flexibility index (Phi) is 5.43. The van der Waals surface area contributed by atoms with Gasteiger partial charge in [-0.1, -0.05) is 35.5 Å². The third-order valence-corrected chi connectivity index (χ3v) is 5.12. The topological polar surface area (TPSA) is 113 Å². The molecule has 0 radical (unpaired) electrons. The van der Waals surface area contributed by atoms with Crippen LogP contribution in [0.25, 0.3) is 6.08 Å². The molecule has 0 aliphatic carbocycles. The molecule has 2 amide bonds. The minimum Gasteiger partial charge on any atom is -0.502 e. The largest absolute Gasteiger partial charge is 0.502 e. The first-order valence-corrected chi connectivity index (χ1v) is 9.12. The minimum absolute atomic E-state index is 0.130.